The Kier molecular flexibility index (Phi) is 2.82. The number of nitrogens with zero attached hydrogens (tertiary/aromatic N) is 1. The summed E-state index contributed by atoms with van der Waals surface area (Å²) in [4.78, 5) is 0. The fourth-order valence-corrected chi connectivity index (χ4v) is 5.52. The predicted octanol–water partition coefficient (Wildman–Crippen LogP) is 4.08. The number of benzene rings is 1. The van der Waals surface area contributed by atoms with E-state index >= 15 is 0 Å². The van der Waals surface area contributed by atoms with Gasteiger partial charge < -0.3 is 10.3 Å². The third-order valence-electron chi connectivity index (χ3n) is 6.57. The van der Waals surface area contributed by atoms with Crippen molar-refractivity contribution in [2.24, 2.45) is 22.4 Å². The van der Waals surface area contributed by atoms with E-state index in [1.165, 1.54) is 30.4 Å². The van der Waals surface area contributed by atoms with Gasteiger partial charge in [0.2, 0.25) is 0 Å². The average Bonchev–Trinajstić information content (AvgIpc) is 2.83. The first-order chi connectivity index (χ1) is 10.1. The Hall–Kier alpha value is -1.51. The summed E-state index contributed by atoms with van der Waals surface area (Å²) in [7, 11) is 0. The molecule has 1 aromatic carbocycles. The summed E-state index contributed by atoms with van der Waals surface area (Å²) in [5.41, 5.74) is 3.95. The molecule has 0 radical (unpaired) electrons. The highest BCUT2D eigenvalue weighted by Gasteiger charge is 2.53. The maximum absolute atomic E-state index is 9.70. The molecule has 0 aromatic heterocycles. The first kappa shape index (κ1) is 13.2. The van der Waals surface area contributed by atoms with Crippen molar-refractivity contribution in [3.63, 3.8) is 0 Å². The van der Waals surface area contributed by atoms with Crippen LogP contribution in [0.1, 0.15) is 56.1 Å². The molecule has 0 unspecified atom stereocenters. The molecule has 0 amide bonds. The topological polar surface area (TPSA) is 52.8 Å². The lowest BCUT2D eigenvalue weighted by molar-refractivity contribution is 0.0938. The van der Waals surface area contributed by atoms with Crippen molar-refractivity contribution in [3.8, 4) is 5.75 Å². The molecule has 3 nitrogen and oxygen atoms in total. The molecule has 21 heavy (non-hydrogen) atoms. The zero-order valence-electron chi connectivity index (χ0n) is 12.5. The van der Waals surface area contributed by atoms with Gasteiger partial charge in [-0.25, -0.2) is 0 Å². The van der Waals surface area contributed by atoms with Crippen LogP contribution in [-0.2, 0) is 6.42 Å². The van der Waals surface area contributed by atoms with Crippen LogP contribution in [0.5, 0.6) is 5.75 Å². The van der Waals surface area contributed by atoms with Gasteiger partial charge in [-0.3, -0.25) is 0 Å². The average molecular weight is 285 g/mol. The highest BCUT2D eigenvalue weighted by Crippen LogP contribution is 2.59. The first-order valence-corrected chi connectivity index (χ1v) is 8.16. The molecule has 2 saturated carbocycles. The number of rotatable bonds is 0. The summed E-state index contributed by atoms with van der Waals surface area (Å²) in [6.07, 6.45) is 6.71. The van der Waals surface area contributed by atoms with Gasteiger partial charge in [0.1, 0.15) is 5.75 Å². The van der Waals surface area contributed by atoms with E-state index in [0.29, 0.717) is 23.5 Å². The Morgan fingerprint density at radius 1 is 1.19 bits per heavy atom. The molecule has 0 saturated heterocycles. The summed E-state index contributed by atoms with van der Waals surface area (Å²) < 4.78 is 0. The molecule has 3 heteroatoms. The van der Waals surface area contributed by atoms with Crippen molar-refractivity contribution in [2.45, 2.75) is 51.4 Å². The smallest absolute Gasteiger partial charge is 0.115 e. The van der Waals surface area contributed by atoms with Crippen molar-refractivity contribution in [3.05, 3.63) is 29.3 Å². The molecule has 4 atom stereocenters. The number of fused-ring (bicyclic) bond motifs is 5. The summed E-state index contributed by atoms with van der Waals surface area (Å²) in [6, 6.07) is 5.93. The van der Waals surface area contributed by atoms with Crippen LogP contribution >= 0.6 is 0 Å². The number of aryl methyl sites for hydroxylation is 1. The maximum Gasteiger partial charge on any atom is 0.115 e. The van der Waals surface area contributed by atoms with Crippen LogP contribution in [0.2, 0.25) is 0 Å². The SMILES string of the molecule is C[C@]12CC[C@@H]3c4ccc(O)cc4CC[C@@H]3[C@@H]1CCC2=NO. The van der Waals surface area contributed by atoms with Crippen molar-refractivity contribution in [2.75, 3.05) is 0 Å². The van der Waals surface area contributed by atoms with Gasteiger partial charge in [0.05, 0.1) is 5.71 Å². The van der Waals surface area contributed by atoms with Crippen molar-refractivity contribution in [1.82, 2.24) is 0 Å². The van der Waals surface area contributed by atoms with Crippen LogP contribution in [0.4, 0.5) is 0 Å². The van der Waals surface area contributed by atoms with Crippen LogP contribution < -0.4 is 0 Å². The van der Waals surface area contributed by atoms with E-state index in [2.05, 4.69) is 18.1 Å². The van der Waals surface area contributed by atoms with Crippen molar-refractivity contribution >= 4 is 5.71 Å². The molecule has 0 spiro atoms. The van der Waals surface area contributed by atoms with E-state index < -0.39 is 0 Å². The molecule has 3 aliphatic carbocycles. The van der Waals surface area contributed by atoms with Gasteiger partial charge in [-0.2, -0.15) is 0 Å². The molecule has 0 bridgehead atoms. The first-order valence-electron chi connectivity index (χ1n) is 8.16. The predicted molar refractivity (Wildman–Crippen MR) is 81.9 cm³/mol. The second-order valence-electron chi connectivity index (χ2n) is 7.34. The molecule has 2 N–H and O–H groups in total. The molecular weight excluding hydrogens is 262 g/mol. The van der Waals surface area contributed by atoms with Crippen LogP contribution in [0.3, 0.4) is 0 Å². The van der Waals surface area contributed by atoms with Crippen LogP contribution in [0.25, 0.3) is 0 Å². The third-order valence-corrected chi connectivity index (χ3v) is 6.57. The number of oxime groups is 1. The molecule has 0 aliphatic heterocycles. The van der Waals surface area contributed by atoms with Gasteiger partial charge >= 0.3 is 0 Å². The number of hydrogen-bond acceptors (Lipinski definition) is 3. The molecule has 3 aliphatic rings. The molecule has 0 heterocycles. The quantitative estimate of drug-likeness (QED) is 0.557. The molecular formula is C18H23NO2. The maximum atomic E-state index is 9.70. The van der Waals surface area contributed by atoms with Gasteiger partial charge in [-0.05, 0) is 79.5 Å². The van der Waals surface area contributed by atoms with E-state index in [-0.39, 0.29) is 5.41 Å². The highest BCUT2D eigenvalue weighted by atomic mass is 16.4. The number of aromatic hydroxyl groups is 1. The van der Waals surface area contributed by atoms with Gasteiger partial charge in [0, 0.05) is 5.41 Å². The standard InChI is InChI=1S/C18H23NO2/c1-18-9-8-14-13-5-3-12(20)10-11(13)2-4-15(14)16(18)6-7-17(18)19-21/h3,5,10,14-16,20-21H,2,4,6-9H2,1H3/t14-,15+,16+,18+/m1/s1. The monoisotopic (exact) mass is 285 g/mol. The minimum atomic E-state index is 0.115. The van der Waals surface area contributed by atoms with E-state index in [4.69, 9.17) is 0 Å². The third kappa shape index (κ3) is 1.76. The number of hydrogen-bond donors (Lipinski definition) is 2. The Morgan fingerprint density at radius 2 is 2.05 bits per heavy atom. The lowest BCUT2D eigenvalue weighted by Gasteiger charge is -2.48. The van der Waals surface area contributed by atoms with Crippen LogP contribution in [-0.4, -0.2) is 16.0 Å². The van der Waals surface area contributed by atoms with Gasteiger partial charge in [0.25, 0.3) is 0 Å². The fraction of sp³-hybridized carbons (Fsp3) is 0.611. The molecule has 1 aromatic rings. The molecule has 4 rings (SSSR count). The Morgan fingerprint density at radius 3 is 2.86 bits per heavy atom. The van der Waals surface area contributed by atoms with E-state index in [1.54, 1.807) is 0 Å². The fourth-order valence-electron chi connectivity index (χ4n) is 5.52. The molecule has 112 valence electrons. The zero-order valence-corrected chi connectivity index (χ0v) is 12.5. The van der Waals surface area contributed by atoms with E-state index in [9.17, 15) is 10.3 Å². The Labute approximate surface area is 125 Å². The summed E-state index contributed by atoms with van der Waals surface area (Å²) in [5, 5.41) is 22.6. The van der Waals surface area contributed by atoms with Crippen LogP contribution in [0.15, 0.2) is 23.4 Å². The van der Waals surface area contributed by atoms with Gasteiger partial charge in [-0.1, -0.05) is 18.1 Å². The largest absolute Gasteiger partial charge is 0.508 e. The van der Waals surface area contributed by atoms with Crippen molar-refractivity contribution in [1.29, 1.82) is 0 Å². The summed E-state index contributed by atoms with van der Waals surface area (Å²) in [6.45, 7) is 2.31. The van der Waals surface area contributed by atoms with Crippen LogP contribution in [0, 0.1) is 17.3 Å². The number of phenols is 1. The lowest BCUT2D eigenvalue weighted by atomic mass is 9.55. The second kappa shape index (κ2) is 4.49. The van der Waals surface area contributed by atoms with Gasteiger partial charge in [-0.15, -0.1) is 0 Å². The van der Waals surface area contributed by atoms with Gasteiger partial charge in [0.15, 0.2) is 0 Å². The molecule has 2 fully saturated rings. The second-order valence-corrected chi connectivity index (χ2v) is 7.34. The Balaban J connectivity index is 1.72. The number of phenolic OH excluding ortho intramolecular Hbond substituents is 1. The zero-order chi connectivity index (χ0) is 14.6. The van der Waals surface area contributed by atoms with Crippen molar-refractivity contribution < 1.29 is 10.3 Å². The lowest BCUT2D eigenvalue weighted by Crippen LogP contribution is -2.42. The highest BCUT2D eigenvalue weighted by molar-refractivity contribution is 5.92. The van der Waals surface area contributed by atoms with E-state index in [0.717, 1.165) is 25.0 Å². The summed E-state index contributed by atoms with van der Waals surface area (Å²) >= 11 is 0. The minimum Gasteiger partial charge on any atom is -0.508 e. The van der Waals surface area contributed by atoms with E-state index in [1.807, 2.05) is 12.1 Å². The minimum absolute atomic E-state index is 0.115. The Bertz CT molecular complexity index is 609. The normalized spacial score (nSPS) is 39.7. The summed E-state index contributed by atoms with van der Waals surface area (Å²) in [5.74, 6) is 2.39.